The number of sulfonamides is 1. The molecule has 4 rings (SSSR count). The van der Waals surface area contributed by atoms with Crippen LogP contribution in [0.25, 0.3) is 0 Å². The molecule has 0 unspecified atom stereocenters. The summed E-state index contributed by atoms with van der Waals surface area (Å²) in [6.45, 7) is 3.48. The second-order valence-electron chi connectivity index (χ2n) is 7.10. The third-order valence-corrected chi connectivity index (χ3v) is 7.24. The van der Waals surface area contributed by atoms with E-state index in [0.717, 1.165) is 43.8 Å². The van der Waals surface area contributed by atoms with Crippen LogP contribution in [0.3, 0.4) is 0 Å². The summed E-state index contributed by atoms with van der Waals surface area (Å²) in [7, 11) is -2.48. The van der Waals surface area contributed by atoms with Gasteiger partial charge in [0.2, 0.25) is 16.0 Å². The molecule has 0 amide bonds. The van der Waals surface area contributed by atoms with Crippen LogP contribution >= 0.6 is 0 Å². The summed E-state index contributed by atoms with van der Waals surface area (Å²) in [4.78, 5) is 13.1. The highest BCUT2D eigenvalue weighted by Gasteiger charge is 2.31. The average molecular weight is 421 g/mol. The lowest BCUT2D eigenvalue weighted by molar-refractivity contribution is 0.372. The maximum Gasteiger partial charge on any atom is 0.246 e. The van der Waals surface area contributed by atoms with Gasteiger partial charge in [0.25, 0.3) is 0 Å². The van der Waals surface area contributed by atoms with Crippen LogP contribution in [-0.4, -0.2) is 69.1 Å². The number of benzene rings is 1. The van der Waals surface area contributed by atoms with Gasteiger partial charge in [-0.05, 0) is 37.1 Å². The van der Waals surface area contributed by atoms with Crippen LogP contribution in [0.5, 0.6) is 5.75 Å². The Balaban J connectivity index is 1.48. The van der Waals surface area contributed by atoms with E-state index in [4.69, 9.17) is 4.74 Å². The first kappa shape index (κ1) is 19.8. The van der Waals surface area contributed by atoms with Gasteiger partial charge in [0.15, 0.2) is 0 Å². The molecule has 0 radical (unpaired) electrons. The Morgan fingerprint density at radius 1 is 1.00 bits per heavy atom. The van der Waals surface area contributed by atoms with Crippen molar-refractivity contribution < 1.29 is 17.5 Å². The lowest BCUT2D eigenvalue weighted by atomic mass is 10.3. The fraction of sp³-hybridized carbons (Fsp3) is 0.474. The number of ether oxygens (including phenoxy) is 1. The van der Waals surface area contributed by atoms with Gasteiger partial charge in [-0.2, -0.15) is 9.29 Å². The lowest BCUT2D eigenvalue weighted by Gasteiger charge is -2.35. The van der Waals surface area contributed by atoms with Crippen LogP contribution in [0, 0.1) is 5.82 Å². The van der Waals surface area contributed by atoms with Gasteiger partial charge >= 0.3 is 0 Å². The minimum absolute atomic E-state index is 0.139. The van der Waals surface area contributed by atoms with E-state index in [0.29, 0.717) is 13.1 Å². The molecule has 10 heteroatoms. The van der Waals surface area contributed by atoms with Crippen LogP contribution in [0.2, 0.25) is 0 Å². The van der Waals surface area contributed by atoms with Crippen molar-refractivity contribution in [3.05, 3.63) is 36.3 Å². The van der Waals surface area contributed by atoms with Crippen LogP contribution < -0.4 is 14.5 Å². The van der Waals surface area contributed by atoms with Crippen molar-refractivity contribution in [3.63, 3.8) is 0 Å². The average Bonchev–Trinajstić information content (AvgIpc) is 3.29. The minimum atomic E-state index is -3.85. The molecule has 2 aromatic rings. The Morgan fingerprint density at radius 2 is 1.72 bits per heavy atom. The molecule has 8 nitrogen and oxygen atoms in total. The number of nitrogens with zero attached hydrogens (tertiary/aromatic N) is 5. The SMILES string of the molecule is COc1ccc(F)cc1S(=O)(=O)N1CCN(c2ccnc(N3CCCC3)n2)CC1. The van der Waals surface area contributed by atoms with Gasteiger partial charge in [-0.3, -0.25) is 0 Å². The molecular formula is C19H24FN5O3S. The first-order valence-corrected chi connectivity index (χ1v) is 11.1. The quantitative estimate of drug-likeness (QED) is 0.728. The van der Waals surface area contributed by atoms with Gasteiger partial charge in [0, 0.05) is 45.5 Å². The van der Waals surface area contributed by atoms with Crippen LogP contribution in [0.1, 0.15) is 12.8 Å². The third kappa shape index (κ3) is 3.99. The van der Waals surface area contributed by atoms with Crippen molar-refractivity contribution in [1.82, 2.24) is 14.3 Å². The maximum absolute atomic E-state index is 13.7. The summed E-state index contributed by atoms with van der Waals surface area (Å²) in [6.07, 6.45) is 4.04. The summed E-state index contributed by atoms with van der Waals surface area (Å²) in [5.74, 6) is 1.04. The number of hydrogen-bond acceptors (Lipinski definition) is 7. The topological polar surface area (TPSA) is 78.9 Å². The first-order chi connectivity index (χ1) is 14.0. The molecule has 1 aromatic heterocycles. The van der Waals surface area contributed by atoms with Crippen molar-refractivity contribution >= 4 is 21.8 Å². The zero-order valence-corrected chi connectivity index (χ0v) is 17.1. The van der Waals surface area contributed by atoms with E-state index in [1.165, 1.54) is 23.5 Å². The minimum Gasteiger partial charge on any atom is -0.495 e. The Bertz CT molecular complexity index is 974. The fourth-order valence-corrected chi connectivity index (χ4v) is 5.32. The van der Waals surface area contributed by atoms with Crippen molar-refractivity contribution in [2.45, 2.75) is 17.7 Å². The predicted molar refractivity (Wildman–Crippen MR) is 107 cm³/mol. The molecule has 0 saturated carbocycles. The molecule has 3 heterocycles. The second kappa shape index (κ2) is 8.11. The van der Waals surface area contributed by atoms with E-state index >= 15 is 0 Å². The summed E-state index contributed by atoms with van der Waals surface area (Å²) >= 11 is 0. The molecule has 0 N–H and O–H groups in total. The zero-order valence-electron chi connectivity index (χ0n) is 16.3. The van der Waals surface area contributed by atoms with Crippen LogP contribution in [0.15, 0.2) is 35.4 Å². The van der Waals surface area contributed by atoms with E-state index in [-0.39, 0.29) is 23.7 Å². The maximum atomic E-state index is 13.7. The Morgan fingerprint density at radius 3 is 2.41 bits per heavy atom. The third-order valence-electron chi connectivity index (χ3n) is 5.32. The highest BCUT2D eigenvalue weighted by Crippen LogP contribution is 2.29. The summed E-state index contributed by atoms with van der Waals surface area (Å²) in [6, 6.07) is 5.37. The van der Waals surface area contributed by atoms with E-state index < -0.39 is 15.8 Å². The molecule has 2 aliphatic rings. The van der Waals surface area contributed by atoms with Gasteiger partial charge in [-0.15, -0.1) is 0 Å². The molecular weight excluding hydrogens is 397 g/mol. The first-order valence-electron chi connectivity index (χ1n) is 9.66. The van der Waals surface area contributed by atoms with Gasteiger partial charge in [-0.1, -0.05) is 0 Å². The van der Waals surface area contributed by atoms with E-state index in [2.05, 4.69) is 19.8 Å². The Kier molecular flexibility index (Phi) is 5.55. The molecule has 2 aliphatic heterocycles. The highest BCUT2D eigenvalue weighted by atomic mass is 32.2. The summed E-state index contributed by atoms with van der Waals surface area (Å²) in [5, 5.41) is 0. The molecule has 2 saturated heterocycles. The van der Waals surface area contributed by atoms with Crippen molar-refractivity contribution in [1.29, 1.82) is 0 Å². The molecule has 0 atom stereocenters. The predicted octanol–water partition coefficient (Wildman–Crippen LogP) is 1.74. The number of methoxy groups -OCH3 is 1. The summed E-state index contributed by atoms with van der Waals surface area (Å²) in [5.41, 5.74) is 0. The molecule has 1 aromatic carbocycles. The van der Waals surface area contributed by atoms with Gasteiger partial charge < -0.3 is 14.5 Å². The Hall–Kier alpha value is -2.46. The largest absolute Gasteiger partial charge is 0.495 e. The second-order valence-corrected chi connectivity index (χ2v) is 9.00. The van der Waals surface area contributed by atoms with Gasteiger partial charge in [0.1, 0.15) is 22.3 Å². The number of rotatable bonds is 5. The highest BCUT2D eigenvalue weighted by molar-refractivity contribution is 7.89. The van der Waals surface area contributed by atoms with E-state index in [9.17, 15) is 12.8 Å². The molecule has 2 fully saturated rings. The molecule has 156 valence electrons. The molecule has 29 heavy (non-hydrogen) atoms. The standard InChI is InChI=1S/C19H24FN5O3S/c1-28-16-5-4-15(20)14-17(16)29(26,27)25-12-10-23(11-13-25)18-6-7-21-19(22-18)24-8-2-3-9-24/h4-7,14H,2-3,8-13H2,1H3. The number of aromatic nitrogens is 2. The smallest absolute Gasteiger partial charge is 0.246 e. The summed E-state index contributed by atoms with van der Waals surface area (Å²) < 4.78 is 46.2. The van der Waals surface area contributed by atoms with Crippen LogP contribution in [-0.2, 0) is 10.0 Å². The monoisotopic (exact) mass is 421 g/mol. The zero-order chi connectivity index (χ0) is 20.4. The van der Waals surface area contributed by atoms with E-state index in [1.54, 1.807) is 6.20 Å². The fourth-order valence-electron chi connectivity index (χ4n) is 3.73. The van der Waals surface area contributed by atoms with E-state index in [1.807, 2.05) is 6.07 Å². The lowest BCUT2D eigenvalue weighted by Crippen LogP contribution is -2.49. The molecule has 0 bridgehead atoms. The molecule has 0 spiro atoms. The van der Waals surface area contributed by atoms with Crippen molar-refractivity contribution in [3.8, 4) is 5.75 Å². The van der Waals surface area contributed by atoms with Gasteiger partial charge in [0.05, 0.1) is 7.11 Å². The molecule has 0 aliphatic carbocycles. The normalized spacial score (nSPS) is 18.3. The van der Waals surface area contributed by atoms with Crippen molar-refractivity contribution in [2.24, 2.45) is 0 Å². The number of hydrogen-bond donors (Lipinski definition) is 0. The van der Waals surface area contributed by atoms with Crippen LogP contribution in [0.4, 0.5) is 16.2 Å². The number of anilines is 2. The number of piperazine rings is 1. The van der Waals surface area contributed by atoms with Gasteiger partial charge in [-0.25, -0.2) is 17.8 Å². The Labute approximate surface area is 170 Å². The number of halogens is 1. The van der Waals surface area contributed by atoms with Crippen molar-refractivity contribution in [2.75, 3.05) is 56.2 Å².